The molecule has 0 aliphatic carbocycles. The Morgan fingerprint density at radius 3 is 2.16 bits per heavy atom. The molecule has 0 atom stereocenters. The highest BCUT2D eigenvalue weighted by molar-refractivity contribution is 9.10. The van der Waals surface area contributed by atoms with Crippen molar-refractivity contribution < 1.29 is 4.79 Å². The number of fused-ring (bicyclic) bond motifs is 2. The van der Waals surface area contributed by atoms with E-state index in [0.29, 0.717) is 23.1 Å². The molecule has 0 saturated heterocycles. The number of carbonyl (C=O) groups is 1. The number of rotatable bonds is 5. The van der Waals surface area contributed by atoms with E-state index >= 15 is 0 Å². The van der Waals surface area contributed by atoms with Crippen LogP contribution in [0.15, 0.2) is 94.3 Å². The van der Waals surface area contributed by atoms with Crippen LogP contribution in [0.5, 0.6) is 0 Å². The Labute approximate surface area is 192 Å². The Morgan fingerprint density at radius 1 is 0.875 bits per heavy atom. The SMILES string of the molecule is O=C(Cn1c2ccccc2c(=O)c2ccccc21)Nc1ccnn1Cc1ccc(Br)cc1. The fourth-order valence-electron chi connectivity index (χ4n) is 3.90. The predicted octanol–water partition coefficient (Wildman–Crippen LogP) is 4.80. The van der Waals surface area contributed by atoms with E-state index in [0.717, 1.165) is 21.1 Å². The maximum Gasteiger partial charge on any atom is 0.245 e. The summed E-state index contributed by atoms with van der Waals surface area (Å²) >= 11 is 3.44. The molecule has 1 amide bonds. The van der Waals surface area contributed by atoms with Crippen molar-refractivity contribution in [2.75, 3.05) is 5.32 Å². The number of nitrogens with one attached hydrogen (secondary N) is 1. The van der Waals surface area contributed by atoms with Crippen molar-refractivity contribution >= 4 is 49.5 Å². The van der Waals surface area contributed by atoms with E-state index in [1.54, 1.807) is 29.1 Å². The topological polar surface area (TPSA) is 68.9 Å². The molecule has 2 heterocycles. The Balaban J connectivity index is 1.45. The van der Waals surface area contributed by atoms with E-state index in [1.165, 1.54) is 0 Å². The maximum atomic E-state index is 13.0. The fraction of sp³-hybridized carbons (Fsp3) is 0.0800. The van der Waals surface area contributed by atoms with Crippen LogP contribution in [0.25, 0.3) is 21.8 Å². The minimum atomic E-state index is -0.193. The third-order valence-electron chi connectivity index (χ3n) is 5.41. The van der Waals surface area contributed by atoms with Gasteiger partial charge in [0.2, 0.25) is 5.91 Å². The minimum absolute atomic E-state index is 0.0274. The van der Waals surface area contributed by atoms with Gasteiger partial charge in [-0.25, -0.2) is 4.68 Å². The number of halogens is 1. The van der Waals surface area contributed by atoms with Crippen molar-refractivity contribution in [1.82, 2.24) is 14.3 Å². The molecule has 0 bridgehead atoms. The molecule has 0 fully saturated rings. The molecule has 158 valence electrons. The molecule has 7 heteroatoms. The van der Waals surface area contributed by atoms with Crippen LogP contribution in [0.3, 0.4) is 0 Å². The molecule has 0 unspecified atom stereocenters. The fourth-order valence-corrected chi connectivity index (χ4v) is 4.17. The molecule has 0 saturated carbocycles. The zero-order valence-corrected chi connectivity index (χ0v) is 18.6. The zero-order valence-electron chi connectivity index (χ0n) is 17.0. The number of carbonyl (C=O) groups excluding carboxylic acids is 1. The summed E-state index contributed by atoms with van der Waals surface area (Å²) in [4.78, 5) is 25.9. The van der Waals surface area contributed by atoms with E-state index in [9.17, 15) is 9.59 Å². The molecule has 1 N–H and O–H groups in total. The van der Waals surface area contributed by atoms with Gasteiger partial charge in [-0.15, -0.1) is 0 Å². The third kappa shape index (κ3) is 3.83. The van der Waals surface area contributed by atoms with Crippen molar-refractivity contribution in [3.05, 3.63) is 105 Å². The van der Waals surface area contributed by atoms with E-state index in [2.05, 4.69) is 26.3 Å². The molecule has 0 aliphatic heterocycles. The molecule has 2 aromatic heterocycles. The van der Waals surface area contributed by atoms with Gasteiger partial charge in [0.15, 0.2) is 5.43 Å². The number of hydrogen-bond acceptors (Lipinski definition) is 3. The lowest BCUT2D eigenvalue weighted by Crippen LogP contribution is -2.23. The summed E-state index contributed by atoms with van der Waals surface area (Å²) in [5.41, 5.74) is 2.51. The number of amides is 1. The first kappa shape index (κ1) is 20.2. The summed E-state index contributed by atoms with van der Waals surface area (Å²) < 4.78 is 4.65. The van der Waals surface area contributed by atoms with Gasteiger partial charge >= 0.3 is 0 Å². The van der Waals surface area contributed by atoms with Crippen molar-refractivity contribution in [3.63, 3.8) is 0 Å². The predicted molar refractivity (Wildman–Crippen MR) is 130 cm³/mol. The number of anilines is 1. The van der Waals surface area contributed by atoms with Crippen molar-refractivity contribution in [2.24, 2.45) is 0 Å². The molecule has 3 aromatic carbocycles. The van der Waals surface area contributed by atoms with Gasteiger partial charge < -0.3 is 9.88 Å². The smallest absolute Gasteiger partial charge is 0.245 e. The number of hydrogen-bond donors (Lipinski definition) is 1. The first-order chi connectivity index (χ1) is 15.6. The second-order valence-corrected chi connectivity index (χ2v) is 8.41. The third-order valence-corrected chi connectivity index (χ3v) is 5.94. The van der Waals surface area contributed by atoms with Crippen molar-refractivity contribution in [2.45, 2.75) is 13.1 Å². The second-order valence-electron chi connectivity index (χ2n) is 7.50. The summed E-state index contributed by atoms with van der Waals surface area (Å²) in [6, 6.07) is 24.5. The monoisotopic (exact) mass is 486 g/mol. The highest BCUT2D eigenvalue weighted by atomic mass is 79.9. The van der Waals surface area contributed by atoms with Gasteiger partial charge in [0.1, 0.15) is 12.4 Å². The van der Waals surface area contributed by atoms with Gasteiger partial charge in [-0.1, -0.05) is 52.3 Å². The quantitative estimate of drug-likeness (QED) is 0.362. The van der Waals surface area contributed by atoms with Gasteiger partial charge in [-0.2, -0.15) is 5.10 Å². The normalized spacial score (nSPS) is 11.2. The average Bonchev–Trinajstić information content (AvgIpc) is 3.24. The van der Waals surface area contributed by atoms with Crippen LogP contribution >= 0.6 is 15.9 Å². The van der Waals surface area contributed by atoms with Crippen molar-refractivity contribution in [3.8, 4) is 0 Å². The summed E-state index contributed by atoms with van der Waals surface area (Å²) in [6.07, 6.45) is 1.67. The standard InChI is InChI=1S/C25H19BrN4O2/c26-18-11-9-17(10-12-18)15-30-23(13-14-27-30)28-24(31)16-29-21-7-3-1-5-19(21)25(32)20-6-2-4-8-22(20)29/h1-14H,15-16H2,(H,28,31). The Hall–Kier alpha value is -3.71. The Kier molecular flexibility index (Phi) is 5.33. The van der Waals surface area contributed by atoms with Crippen LogP contribution in [0, 0.1) is 0 Å². The van der Waals surface area contributed by atoms with E-state index < -0.39 is 0 Å². The Morgan fingerprint density at radius 2 is 1.50 bits per heavy atom. The molecule has 6 nitrogen and oxygen atoms in total. The van der Waals surface area contributed by atoms with Crippen LogP contribution in [0.1, 0.15) is 5.56 Å². The largest absolute Gasteiger partial charge is 0.331 e. The molecule has 0 radical (unpaired) electrons. The van der Waals surface area contributed by atoms with Crippen LogP contribution in [0.2, 0.25) is 0 Å². The van der Waals surface area contributed by atoms with E-state index in [1.807, 2.05) is 65.2 Å². The highest BCUT2D eigenvalue weighted by Crippen LogP contribution is 2.20. The lowest BCUT2D eigenvalue weighted by molar-refractivity contribution is -0.116. The van der Waals surface area contributed by atoms with Crippen LogP contribution in [-0.4, -0.2) is 20.3 Å². The van der Waals surface area contributed by atoms with E-state index in [-0.39, 0.29) is 17.9 Å². The number of para-hydroxylation sites is 2. The van der Waals surface area contributed by atoms with E-state index in [4.69, 9.17) is 0 Å². The Bertz CT molecular complexity index is 1440. The summed E-state index contributed by atoms with van der Waals surface area (Å²) in [6.45, 7) is 0.616. The minimum Gasteiger partial charge on any atom is -0.331 e. The molecular formula is C25H19BrN4O2. The molecule has 0 aliphatic rings. The summed E-state index contributed by atoms with van der Waals surface area (Å²) in [5, 5.41) is 8.51. The number of pyridine rings is 1. The second kappa shape index (κ2) is 8.43. The number of aromatic nitrogens is 3. The molecule has 5 rings (SSSR count). The molecular weight excluding hydrogens is 468 g/mol. The first-order valence-corrected chi connectivity index (χ1v) is 11.0. The van der Waals surface area contributed by atoms with Gasteiger partial charge in [0.25, 0.3) is 0 Å². The summed E-state index contributed by atoms with van der Waals surface area (Å²) in [5.74, 6) is 0.425. The number of nitrogens with zero attached hydrogens (tertiary/aromatic N) is 3. The van der Waals surface area contributed by atoms with Gasteiger partial charge in [-0.3, -0.25) is 9.59 Å². The highest BCUT2D eigenvalue weighted by Gasteiger charge is 2.14. The molecule has 32 heavy (non-hydrogen) atoms. The molecule has 0 spiro atoms. The van der Waals surface area contributed by atoms with Gasteiger partial charge in [0, 0.05) is 21.3 Å². The van der Waals surface area contributed by atoms with Crippen LogP contribution in [-0.2, 0) is 17.9 Å². The lowest BCUT2D eigenvalue weighted by Gasteiger charge is -2.15. The maximum absolute atomic E-state index is 13.0. The summed E-state index contributed by atoms with van der Waals surface area (Å²) in [7, 11) is 0. The van der Waals surface area contributed by atoms with Crippen LogP contribution < -0.4 is 10.7 Å². The average molecular weight is 487 g/mol. The van der Waals surface area contributed by atoms with Gasteiger partial charge in [-0.05, 0) is 42.0 Å². The lowest BCUT2D eigenvalue weighted by atomic mass is 10.1. The zero-order chi connectivity index (χ0) is 22.1. The van der Waals surface area contributed by atoms with Gasteiger partial charge in [0.05, 0.1) is 23.8 Å². The van der Waals surface area contributed by atoms with Crippen LogP contribution in [0.4, 0.5) is 5.82 Å². The number of benzene rings is 3. The molecule has 5 aromatic rings. The first-order valence-electron chi connectivity index (χ1n) is 10.2. The van der Waals surface area contributed by atoms with Crippen molar-refractivity contribution in [1.29, 1.82) is 0 Å².